The minimum atomic E-state index is -1.45. The summed E-state index contributed by atoms with van der Waals surface area (Å²) in [5.41, 5.74) is 14.4. The summed E-state index contributed by atoms with van der Waals surface area (Å²) in [5, 5.41) is 39.9. The molecular formula is C50H66N10O10S2. The van der Waals surface area contributed by atoms with Gasteiger partial charge in [0.05, 0.1) is 6.04 Å². The number of aromatic hydroxyl groups is 1. The fourth-order valence-corrected chi connectivity index (χ4v) is 10.7. The van der Waals surface area contributed by atoms with Gasteiger partial charge in [-0.1, -0.05) is 96.1 Å². The summed E-state index contributed by atoms with van der Waals surface area (Å²) in [7, 11) is 2.09. The van der Waals surface area contributed by atoms with E-state index in [1.165, 1.54) is 31.2 Å². The lowest BCUT2D eigenvalue weighted by Gasteiger charge is -2.35. The van der Waals surface area contributed by atoms with Crippen molar-refractivity contribution >= 4 is 79.8 Å². The zero-order chi connectivity index (χ0) is 52.7. The molecule has 5 rings (SSSR count). The molecule has 7 amide bonds. The third-order valence-corrected chi connectivity index (χ3v) is 15.3. The predicted octanol–water partition coefficient (Wildman–Crippen LogP) is 1.30. The SMILES string of the molecule is CC(C)[C@H](NC(=O)[C@@H]1CSSC(C)(C)[C@@H](NC(=O)[C@H](C)N)C(=O)N[C@@H](Cc2ccccc2)C(=O)N[C@H](Cc2c[nH]c3ccccc23)C(=O)N[C@@H](CCCN)C(=O)N[C@@H](Cc2ccc(O)cc2)C(=O)N1)C(=O)O. The Morgan fingerprint density at radius 3 is 1.88 bits per heavy atom. The standard InChI is InChI=1S/C50H66N10O10S2/c1-27(2)40(49(69)70)59-47(67)39-26-71-72-50(4,5)41(60-42(62)28(3)52)48(68)57-37(22-29-12-7-6-8-13-29)44(64)56-38(24-31-25-53-34-15-10-9-14-33(31)34)46(66)54-35(16-11-21-51)43(63)55-36(45(65)58-39)23-30-17-19-32(61)20-18-30/h6-10,12-15,17-20,25,27-28,35-41,53,61H,11,16,21-24,26,51-52H2,1-5H3,(H,54,66)(H,55,63)(H,56,64)(H,57,68)(H,58,65)(H,59,67)(H,60,62)(H,69,70)/t28-,35-,36-,37-,38+,39-,40-,41-/m0/s1. The monoisotopic (exact) mass is 1030 g/mol. The van der Waals surface area contributed by atoms with E-state index in [1.807, 2.05) is 24.3 Å². The molecule has 0 unspecified atom stereocenters. The molecule has 0 spiro atoms. The number of fused-ring (bicyclic) bond motifs is 1. The van der Waals surface area contributed by atoms with Crippen LogP contribution in [0.15, 0.2) is 85.1 Å². The molecule has 4 aromatic rings. The van der Waals surface area contributed by atoms with E-state index < -0.39 is 106 Å². The quantitative estimate of drug-likeness (QED) is 0.0748. The molecule has 0 radical (unpaired) electrons. The number of rotatable bonds is 15. The Kier molecular flexibility index (Phi) is 20.5. The van der Waals surface area contributed by atoms with Gasteiger partial charge in [-0.25, -0.2) is 4.79 Å². The highest BCUT2D eigenvalue weighted by Gasteiger charge is 2.41. The number of hydrogen-bond donors (Lipinski definition) is 12. The maximum absolute atomic E-state index is 14.8. The van der Waals surface area contributed by atoms with E-state index in [1.54, 1.807) is 64.2 Å². The molecular weight excluding hydrogens is 965 g/mol. The number of amides is 7. The van der Waals surface area contributed by atoms with Crippen molar-refractivity contribution < 1.29 is 48.6 Å². The summed E-state index contributed by atoms with van der Waals surface area (Å²) in [5.74, 6) is -7.70. The smallest absolute Gasteiger partial charge is 0.326 e. The average molecular weight is 1030 g/mol. The Hall–Kier alpha value is -6.62. The van der Waals surface area contributed by atoms with Crippen LogP contribution in [0.25, 0.3) is 10.9 Å². The van der Waals surface area contributed by atoms with E-state index in [4.69, 9.17) is 11.5 Å². The number of phenolic OH excluding ortho intramolecular Hbond substituents is 1. The minimum Gasteiger partial charge on any atom is -0.508 e. The van der Waals surface area contributed by atoms with Crippen LogP contribution in [0.1, 0.15) is 64.2 Å². The maximum Gasteiger partial charge on any atom is 0.326 e. The first-order valence-electron chi connectivity index (χ1n) is 23.7. The van der Waals surface area contributed by atoms with Crippen LogP contribution in [0.3, 0.4) is 0 Å². The lowest BCUT2D eigenvalue weighted by molar-refractivity contribution is -0.143. The summed E-state index contributed by atoms with van der Waals surface area (Å²) < 4.78 is -1.26. The van der Waals surface area contributed by atoms with Crippen molar-refractivity contribution in [3.63, 3.8) is 0 Å². The normalized spacial score (nSPS) is 22.5. The number of carboxylic acid groups (broad SMARTS) is 1. The molecule has 1 aromatic heterocycles. The first kappa shape index (κ1) is 56.3. The molecule has 3 aromatic carbocycles. The molecule has 1 saturated heterocycles. The third-order valence-electron chi connectivity index (χ3n) is 12.0. The Morgan fingerprint density at radius 2 is 1.28 bits per heavy atom. The van der Waals surface area contributed by atoms with Gasteiger partial charge in [0.25, 0.3) is 0 Å². The number of aromatic amines is 1. The number of H-pyrrole nitrogens is 1. The van der Waals surface area contributed by atoms with Gasteiger partial charge in [-0.2, -0.15) is 0 Å². The second kappa shape index (κ2) is 26.2. The molecule has 0 aliphatic carbocycles. The van der Waals surface area contributed by atoms with E-state index in [2.05, 4.69) is 42.2 Å². The number of nitrogens with two attached hydrogens (primary N) is 2. The lowest BCUT2D eigenvalue weighted by atomic mass is 9.99. The molecule has 1 fully saturated rings. The van der Waals surface area contributed by atoms with Gasteiger partial charge in [0.1, 0.15) is 48.0 Å². The molecule has 8 atom stereocenters. The number of carbonyl (C=O) groups excluding carboxylic acids is 7. The molecule has 0 bridgehead atoms. The summed E-state index contributed by atoms with van der Waals surface area (Å²) in [4.78, 5) is 116. The Morgan fingerprint density at radius 1 is 0.736 bits per heavy atom. The molecule has 14 N–H and O–H groups in total. The second-order valence-electron chi connectivity index (χ2n) is 18.6. The maximum atomic E-state index is 14.8. The van der Waals surface area contributed by atoms with Crippen LogP contribution < -0.4 is 48.7 Å². The zero-order valence-corrected chi connectivity index (χ0v) is 42.5. The number of aliphatic carboxylic acids is 1. The molecule has 388 valence electrons. The van der Waals surface area contributed by atoms with Gasteiger partial charge in [-0.3, -0.25) is 33.6 Å². The van der Waals surface area contributed by atoms with Gasteiger partial charge in [0.2, 0.25) is 41.4 Å². The molecule has 1 aliphatic rings. The van der Waals surface area contributed by atoms with Crippen LogP contribution in [0, 0.1) is 5.92 Å². The lowest BCUT2D eigenvalue weighted by Crippen LogP contribution is -2.63. The first-order valence-corrected chi connectivity index (χ1v) is 26.0. The third kappa shape index (κ3) is 15.9. The van der Waals surface area contributed by atoms with Crippen LogP contribution in [0.4, 0.5) is 0 Å². The largest absolute Gasteiger partial charge is 0.508 e. The molecule has 20 nitrogen and oxygen atoms in total. The Balaban J connectivity index is 1.64. The van der Waals surface area contributed by atoms with Crippen LogP contribution in [0.5, 0.6) is 5.75 Å². The second-order valence-corrected chi connectivity index (χ2v) is 21.6. The molecule has 1 aliphatic heterocycles. The van der Waals surface area contributed by atoms with Crippen LogP contribution in [-0.4, -0.2) is 128 Å². The van der Waals surface area contributed by atoms with Gasteiger partial charge in [0.15, 0.2) is 0 Å². The van der Waals surface area contributed by atoms with Crippen molar-refractivity contribution in [2.24, 2.45) is 17.4 Å². The van der Waals surface area contributed by atoms with Crippen molar-refractivity contribution in [1.29, 1.82) is 0 Å². The zero-order valence-electron chi connectivity index (χ0n) is 40.9. The van der Waals surface area contributed by atoms with Crippen LogP contribution >= 0.6 is 21.6 Å². The fraction of sp³-hybridized carbons (Fsp3) is 0.440. The summed E-state index contributed by atoms with van der Waals surface area (Å²) >= 11 is 0. The van der Waals surface area contributed by atoms with Crippen LogP contribution in [-0.2, 0) is 57.6 Å². The number of para-hydroxylation sites is 1. The summed E-state index contributed by atoms with van der Waals surface area (Å²) in [6.45, 7) is 8.05. The van der Waals surface area contributed by atoms with Gasteiger partial charge in [-0.05, 0) is 81.0 Å². The Labute approximate surface area is 425 Å². The van der Waals surface area contributed by atoms with Crippen molar-refractivity contribution in [3.8, 4) is 5.75 Å². The highest BCUT2D eigenvalue weighted by molar-refractivity contribution is 8.77. The highest BCUT2D eigenvalue weighted by atomic mass is 33.1. The number of benzene rings is 3. The number of carbonyl (C=O) groups is 8. The highest BCUT2D eigenvalue weighted by Crippen LogP contribution is 2.39. The Bertz CT molecular complexity index is 2540. The van der Waals surface area contributed by atoms with E-state index >= 15 is 0 Å². The first-order chi connectivity index (χ1) is 34.2. The average Bonchev–Trinajstić information content (AvgIpc) is 3.75. The predicted molar refractivity (Wildman–Crippen MR) is 276 cm³/mol. The van der Waals surface area contributed by atoms with Crippen molar-refractivity contribution in [1.82, 2.24) is 42.2 Å². The number of carboxylic acids is 1. The summed E-state index contributed by atoms with van der Waals surface area (Å²) in [6, 6.07) is 11.4. The van der Waals surface area contributed by atoms with E-state index in [0.29, 0.717) is 16.7 Å². The van der Waals surface area contributed by atoms with Crippen molar-refractivity contribution in [3.05, 3.63) is 102 Å². The molecule has 0 saturated carbocycles. The van der Waals surface area contributed by atoms with E-state index in [9.17, 15) is 48.6 Å². The van der Waals surface area contributed by atoms with Gasteiger partial charge < -0.3 is 63.9 Å². The van der Waals surface area contributed by atoms with Gasteiger partial charge in [-0.15, -0.1) is 0 Å². The molecule has 2 heterocycles. The van der Waals surface area contributed by atoms with Crippen LogP contribution in [0.2, 0.25) is 0 Å². The topological polar surface area (TPSA) is 329 Å². The molecule has 22 heteroatoms. The number of nitrogens with one attached hydrogen (secondary N) is 8. The van der Waals surface area contributed by atoms with E-state index in [-0.39, 0.29) is 50.2 Å². The van der Waals surface area contributed by atoms with Crippen molar-refractivity contribution in [2.75, 3.05) is 12.3 Å². The fourth-order valence-electron chi connectivity index (χ4n) is 7.88. The number of hydrogen-bond acceptors (Lipinski definition) is 13. The van der Waals surface area contributed by atoms with Gasteiger partial charge in [0, 0.05) is 46.9 Å². The van der Waals surface area contributed by atoms with Crippen molar-refractivity contribution in [2.45, 2.75) is 120 Å². The number of phenols is 1. The number of aromatic nitrogens is 1. The minimum absolute atomic E-state index is 0.00293. The summed E-state index contributed by atoms with van der Waals surface area (Å²) in [6.07, 6.45) is 1.65. The molecule has 72 heavy (non-hydrogen) atoms. The van der Waals surface area contributed by atoms with E-state index in [0.717, 1.165) is 32.5 Å². The van der Waals surface area contributed by atoms with Gasteiger partial charge >= 0.3 is 5.97 Å².